The predicted octanol–water partition coefficient (Wildman–Crippen LogP) is 3.90. The van der Waals surface area contributed by atoms with Gasteiger partial charge in [-0.3, -0.25) is 9.59 Å². The van der Waals surface area contributed by atoms with Crippen molar-refractivity contribution in [3.8, 4) is 0 Å². The molecule has 0 fully saturated rings. The summed E-state index contributed by atoms with van der Waals surface area (Å²) in [4.78, 5) is 32.4. The van der Waals surface area contributed by atoms with E-state index in [0.717, 1.165) is 25.8 Å². The molecule has 0 heterocycles. The van der Waals surface area contributed by atoms with Crippen molar-refractivity contribution in [2.45, 2.75) is 95.9 Å². The first-order valence-corrected chi connectivity index (χ1v) is 12.1. The summed E-state index contributed by atoms with van der Waals surface area (Å²) in [6.07, 6.45) is 2.77. The summed E-state index contributed by atoms with van der Waals surface area (Å²) in [5, 5.41) is 8.96. The quantitative estimate of drug-likeness (QED) is 0.316. The van der Waals surface area contributed by atoms with Gasteiger partial charge in [0, 0.05) is 43.4 Å². The van der Waals surface area contributed by atoms with Crippen molar-refractivity contribution in [2.24, 2.45) is 27.4 Å². The lowest BCUT2D eigenvalue weighted by Crippen LogP contribution is -2.39. The van der Waals surface area contributed by atoms with Crippen LogP contribution in [-0.2, 0) is 14.4 Å². The maximum absolute atomic E-state index is 11.5. The van der Waals surface area contributed by atoms with E-state index in [2.05, 4.69) is 36.7 Å². The highest BCUT2D eigenvalue weighted by Crippen LogP contribution is 2.17. The fourth-order valence-electron chi connectivity index (χ4n) is 1.82. The Kier molecular flexibility index (Phi) is 18.6. The van der Waals surface area contributed by atoms with Crippen LogP contribution in [0.5, 0.6) is 0 Å². The summed E-state index contributed by atoms with van der Waals surface area (Å²) in [5.41, 5.74) is 5.18. The molecule has 5 N–H and O–H groups in total. The summed E-state index contributed by atoms with van der Waals surface area (Å²) in [6.45, 7) is 27.9. The van der Waals surface area contributed by atoms with E-state index in [1.807, 2.05) is 62.3 Å². The molecule has 33 heavy (non-hydrogen) atoms. The van der Waals surface area contributed by atoms with Gasteiger partial charge in [-0.1, -0.05) is 83.1 Å². The van der Waals surface area contributed by atoms with E-state index in [9.17, 15) is 14.4 Å². The molecule has 0 radical (unpaired) electrons. The highest BCUT2D eigenvalue weighted by molar-refractivity contribution is 5.81. The maximum atomic E-state index is 11.5. The van der Waals surface area contributed by atoms with Gasteiger partial charge >= 0.3 is 0 Å². The molecule has 0 aliphatic heterocycles. The highest BCUT2D eigenvalue weighted by atomic mass is 16.2. The van der Waals surface area contributed by atoms with Gasteiger partial charge in [-0.05, 0) is 23.8 Å². The lowest BCUT2D eigenvalue weighted by atomic mass is 9.92. The molecule has 0 aliphatic carbocycles. The van der Waals surface area contributed by atoms with Crippen molar-refractivity contribution in [3.05, 3.63) is 0 Å². The SMILES string of the molecule is CC(C)(C)C(=O)NCCN.CC(C)(C)CC=O.CC(C)(C)CCNCCNC(=O)C(C)(C)C. The molecule has 0 aliphatic rings. The zero-order chi connectivity index (χ0) is 26.9. The maximum Gasteiger partial charge on any atom is 0.225 e. The van der Waals surface area contributed by atoms with Gasteiger partial charge in [0.1, 0.15) is 6.29 Å². The second-order valence-corrected chi connectivity index (χ2v) is 12.8. The minimum atomic E-state index is -0.296. The van der Waals surface area contributed by atoms with E-state index in [4.69, 9.17) is 5.73 Å². The molecular weight excluding hydrogens is 416 g/mol. The van der Waals surface area contributed by atoms with Gasteiger partial charge in [-0.15, -0.1) is 0 Å². The number of carbonyl (C=O) groups excluding carboxylic acids is 3. The third-order valence-corrected chi connectivity index (χ3v) is 4.13. The summed E-state index contributed by atoms with van der Waals surface area (Å²) >= 11 is 0. The third kappa shape index (κ3) is 30.5. The molecule has 0 saturated heterocycles. The zero-order valence-electron chi connectivity index (χ0n) is 23.8. The first kappa shape index (κ1) is 36.1. The van der Waals surface area contributed by atoms with Gasteiger partial charge in [0.05, 0.1) is 0 Å². The number of nitrogens with two attached hydrogens (primary N) is 1. The van der Waals surface area contributed by atoms with Crippen LogP contribution in [0.25, 0.3) is 0 Å². The lowest BCUT2D eigenvalue weighted by molar-refractivity contribution is -0.129. The molecule has 0 atom stereocenters. The molecule has 0 unspecified atom stereocenters. The fourth-order valence-corrected chi connectivity index (χ4v) is 1.82. The van der Waals surface area contributed by atoms with Crippen LogP contribution in [0.15, 0.2) is 0 Å². The Bertz CT molecular complexity index is 534. The topological polar surface area (TPSA) is 113 Å². The largest absolute Gasteiger partial charge is 0.354 e. The standard InChI is InChI=1S/C13H28N2O.C7H16N2O.C6H12O/c1-12(2,3)7-8-14-9-10-15-11(16)13(4,5)6;1-7(2,3)6(10)9-5-4-8;1-6(2,3)4-5-7/h14H,7-10H2,1-6H3,(H,15,16);4-5,8H2,1-3H3,(H,9,10);5H,4H2,1-3H3. The van der Waals surface area contributed by atoms with Crippen LogP contribution in [0, 0.1) is 21.7 Å². The molecule has 0 saturated carbocycles. The van der Waals surface area contributed by atoms with E-state index in [1.165, 1.54) is 0 Å². The van der Waals surface area contributed by atoms with E-state index >= 15 is 0 Å². The number of aldehydes is 1. The molecule has 0 aromatic rings. The van der Waals surface area contributed by atoms with Crippen molar-refractivity contribution < 1.29 is 14.4 Å². The van der Waals surface area contributed by atoms with Crippen LogP contribution >= 0.6 is 0 Å². The van der Waals surface area contributed by atoms with Gasteiger partial charge in [0.25, 0.3) is 0 Å². The van der Waals surface area contributed by atoms with E-state index in [1.54, 1.807) is 0 Å². The Balaban J connectivity index is -0.000000451. The molecule has 0 rings (SSSR count). The monoisotopic (exact) mass is 472 g/mol. The van der Waals surface area contributed by atoms with Crippen LogP contribution in [0.4, 0.5) is 0 Å². The Hall–Kier alpha value is -1.47. The van der Waals surface area contributed by atoms with Crippen molar-refractivity contribution in [2.75, 3.05) is 32.7 Å². The van der Waals surface area contributed by atoms with E-state index < -0.39 is 0 Å². The molecule has 0 aromatic heterocycles. The first-order valence-electron chi connectivity index (χ1n) is 12.1. The van der Waals surface area contributed by atoms with Gasteiger partial charge in [0.2, 0.25) is 11.8 Å². The van der Waals surface area contributed by atoms with Crippen molar-refractivity contribution in [1.82, 2.24) is 16.0 Å². The smallest absolute Gasteiger partial charge is 0.225 e. The number of hydrogen-bond acceptors (Lipinski definition) is 5. The average Bonchev–Trinajstić information content (AvgIpc) is 2.59. The van der Waals surface area contributed by atoms with Crippen LogP contribution < -0.4 is 21.7 Å². The van der Waals surface area contributed by atoms with Gasteiger partial charge in [-0.25, -0.2) is 0 Å². The number of rotatable bonds is 8. The Morgan fingerprint density at radius 3 is 1.36 bits per heavy atom. The summed E-state index contributed by atoms with van der Waals surface area (Å²) in [5.74, 6) is 0.170. The molecule has 0 aromatic carbocycles. The molecule has 2 amide bonds. The Labute approximate surface area is 204 Å². The summed E-state index contributed by atoms with van der Waals surface area (Å²) in [6, 6.07) is 0. The highest BCUT2D eigenvalue weighted by Gasteiger charge is 2.20. The Morgan fingerprint density at radius 1 is 0.667 bits per heavy atom. The van der Waals surface area contributed by atoms with Crippen molar-refractivity contribution in [3.63, 3.8) is 0 Å². The second kappa shape index (κ2) is 17.0. The summed E-state index contributed by atoms with van der Waals surface area (Å²) in [7, 11) is 0. The van der Waals surface area contributed by atoms with Crippen molar-refractivity contribution >= 4 is 18.1 Å². The average molecular weight is 473 g/mol. The number of amides is 2. The normalized spacial score (nSPS) is 11.9. The first-order chi connectivity index (χ1) is 14.7. The molecule has 0 bridgehead atoms. The Morgan fingerprint density at radius 2 is 1.09 bits per heavy atom. The minimum Gasteiger partial charge on any atom is -0.354 e. The number of nitrogens with one attached hydrogen (secondary N) is 3. The van der Waals surface area contributed by atoms with Gasteiger partial charge < -0.3 is 26.5 Å². The number of carbonyl (C=O) groups is 3. The fraction of sp³-hybridized carbons (Fsp3) is 0.885. The van der Waals surface area contributed by atoms with Gasteiger partial charge in [0.15, 0.2) is 0 Å². The molecule has 198 valence electrons. The van der Waals surface area contributed by atoms with Crippen molar-refractivity contribution in [1.29, 1.82) is 0 Å². The number of hydrogen-bond donors (Lipinski definition) is 4. The molecule has 7 nitrogen and oxygen atoms in total. The van der Waals surface area contributed by atoms with E-state index in [0.29, 0.717) is 31.5 Å². The molecule has 7 heteroatoms. The van der Waals surface area contributed by atoms with Crippen LogP contribution in [0.3, 0.4) is 0 Å². The molecule has 0 spiro atoms. The third-order valence-electron chi connectivity index (χ3n) is 4.13. The summed E-state index contributed by atoms with van der Waals surface area (Å²) < 4.78 is 0. The van der Waals surface area contributed by atoms with E-state index in [-0.39, 0.29) is 28.1 Å². The van der Waals surface area contributed by atoms with Gasteiger partial charge in [-0.2, -0.15) is 0 Å². The van der Waals surface area contributed by atoms with Crippen LogP contribution in [0.2, 0.25) is 0 Å². The zero-order valence-corrected chi connectivity index (χ0v) is 23.8. The molecular formula is C26H56N4O3. The second-order valence-electron chi connectivity index (χ2n) is 12.8. The predicted molar refractivity (Wildman–Crippen MR) is 141 cm³/mol. The van der Waals surface area contributed by atoms with Crippen LogP contribution in [-0.4, -0.2) is 50.8 Å². The minimum absolute atomic E-state index is 0.0537. The van der Waals surface area contributed by atoms with Crippen LogP contribution in [0.1, 0.15) is 95.9 Å². The lowest BCUT2D eigenvalue weighted by Gasteiger charge is -2.19.